The van der Waals surface area contributed by atoms with Crippen molar-refractivity contribution in [3.8, 4) is 0 Å². The summed E-state index contributed by atoms with van der Waals surface area (Å²) < 4.78 is 17.8. The Morgan fingerprint density at radius 1 is 1.35 bits per heavy atom. The molecule has 0 bridgehead atoms. The number of carboxylic acids is 2. The molecule has 0 spiro atoms. The van der Waals surface area contributed by atoms with E-state index in [-0.39, 0.29) is 82.1 Å². The number of anilines is 1. The molecule has 1 aromatic heterocycles. The molecule has 0 aromatic carbocycles. The van der Waals surface area contributed by atoms with Gasteiger partial charge >= 0.3 is 65.1 Å². The quantitative estimate of drug-likeness (QED) is 0.101. The first kappa shape index (κ1) is 31.8. The maximum absolute atomic E-state index is 13.1. The third-order valence-electron chi connectivity index (χ3n) is 5.97. The first-order valence-corrected chi connectivity index (χ1v) is 12.4. The zero-order valence-corrected chi connectivity index (χ0v) is 25.9. The van der Waals surface area contributed by atoms with Crippen LogP contribution in [0.15, 0.2) is 10.5 Å². The van der Waals surface area contributed by atoms with Gasteiger partial charge in [-0.3, -0.25) is 23.5 Å². The van der Waals surface area contributed by atoms with Gasteiger partial charge in [0.2, 0.25) is 11.6 Å². The normalized spacial score (nSPS) is 28.5. The predicted octanol–water partition coefficient (Wildman–Crippen LogP) is -9.50. The summed E-state index contributed by atoms with van der Waals surface area (Å²) in [5.41, 5.74) is 0.825. The summed E-state index contributed by atoms with van der Waals surface area (Å²) in [6, 6.07) is 0. The molecule has 4 rings (SSSR count). The van der Waals surface area contributed by atoms with Gasteiger partial charge in [0.15, 0.2) is 22.2 Å². The fourth-order valence-corrected chi connectivity index (χ4v) is 6.72. The van der Waals surface area contributed by atoms with Crippen LogP contribution in [0.4, 0.5) is 5.13 Å². The van der Waals surface area contributed by atoms with Crippen molar-refractivity contribution >= 4 is 62.6 Å². The van der Waals surface area contributed by atoms with Crippen molar-refractivity contribution < 1.29 is 107 Å². The minimum atomic E-state index is -2.38. The van der Waals surface area contributed by atoms with Crippen molar-refractivity contribution in [1.82, 2.24) is 9.88 Å². The van der Waals surface area contributed by atoms with E-state index in [1.165, 1.54) is 5.38 Å². The van der Waals surface area contributed by atoms with Crippen LogP contribution in [0.25, 0.3) is 0 Å². The Kier molecular flexibility index (Phi) is 9.78. The van der Waals surface area contributed by atoms with Crippen LogP contribution in [0, 0.1) is 11.8 Å². The van der Waals surface area contributed by atoms with Crippen molar-refractivity contribution in [1.29, 1.82) is 0 Å². The molecule has 2 N–H and O–H groups in total. The zero-order chi connectivity index (χ0) is 25.9. The zero-order valence-electron chi connectivity index (χ0n) is 20.2. The van der Waals surface area contributed by atoms with Crippen LogP contribution in [-0.2, 0) is 44.3 Å². The summed E-state index contributed by atoms with van der Waals surface area (Å²) in [7, 11) is -1.80. The number of β-lactam (4-membered cyclic amide) rings is 1. The van der Waals surface area contributed by atoms with Gasteiger partial charge in [0.1, 0.15) is 17.0 Å². The van der Waals surface area contributed by atoms with Gasteiger partial charge in [0.25, 0.3) is 0 Å². The monoisotopic (exact) mass is 572 g/mol. The molecule has 5 atom stereocenters. The molecule has 18 heteroatoms. The Morgan fingerprint density at radius 3 is 2.54 bits per heavy atom. The maximum Gasteiger partial charge on any atom is 1.00 e. The topological polar surface area (TPSA) is 222 Å². The van der Waals surface area contributed by atoms with E-state index in [0.717, 1.165) is 25.2 Å². The van der Waals surface area contributed by atoms with E-state index >= 15 is 0 Å². The Bertz CT molecular complexity index is 1220. The Labute approximate surface area is 260 Å². The van der Waals surface area contributed by atoms with E-state index in [4.69, 9.17) is 15.3 Å². The molecular formula is C19H18N4Na2O10S2. The predicted molar refractivity (Wildman–Crippen MR) is 112 cm³/mol. The van der Waals surface area contributed by atoms with Gasteiger partial charge in [0, 0.05) is 34.3 Å². The number of oxime groups is 1. The fraction of sp³-hybridized carbons (Fsp3) is 0.526. The molecule has 0 aliphatic carbocycles. The largest absolute Gasteiger partial charge is 1.00 e. The van der Waals surface area contributed by atoms with Gasteiger partial charge in [-0.05, 0) is 13.8 Å². The minimum absolute atomic E-state index is 0. The van der Waals surface area contributed by atoms with E-state index in [0.29, 0.717) is 4.90 Å². The second-order valence-electron chi connectivity index (χ2n) is 8.64. The molecule has 4 heterocycles. The molecular weight excluding hydrogens is 554 g/mol. The number of aliphatic carboxylic acids is 2. The van der Waals surface area contributed by atoms with Crippen LogP contribution < -0.4 is 75.1 Å². The number of aromatic nitrogens is 1. The third-order valence-corrected chi connectivity index (χ3v) is 8.45. The van der Waals surface area contributed by atoms with E-state index < -0.39 is 81.1 Å². The molecule has 1 aromatic rings. The van der Waals surface area contributed by atoms with Crippen LogP contribution in [0.1, 0.15) is 32.4 Å². The molecule has 0 radical (unpaired) electrons. The number of ketones is 1. The smallest absolute Gasteiger partial charge is 0.546 e. The molecule has 1 amide bonds. The number of esters is 1. The molecule has 37 heavy (non-hydrogen) atoms. The molecule has 3 fully saturated rings. The second kappa shape index (κ2) is 11.4. The van der Waals surface area contributed by atoms with Gasteiger partial charge in [-0.15, -0.1) is 11.3 Å². The number of nitrogens with zero attached hydrogens (tertiary/aromatic N) is 3. The number of Topliss-reactive ketones (excluding diaryl/α,β-unsaturated/α-hetero) is 1. The molecule has 188 valence electrons. The van der Waals surface area contributed by atoms with Crippen molar-refractivity contribution in [3.63, 3.8) is 0 Å². The van der Waals surface area contributed by atoms with Crippen molar-refractivity contribution in [2.45, 2.75) is 43.4 Å². The number of nitrogen functional groups attached to an aromatic ring is 1. The van der Waals surface area contributed by atoms with Gasteiger partial charge in [-0.2, -0.15) is 0 Å². The van der Waals surface area contributed by atoms with Crippen molar-refractivity contribution in [3.05, 3.63) is 11.1 Å². The van der Waals surface area contributed by atoms with Crippen LogP contribution in [0.3, 0.4) is 0 Å². The van der Waals surface area contributed by atoms with Crippen molar-refractivity contribution in [2.24, 2.45) is 17.0 Å². The van der Waals surface area contributed by atoms with Crippen LogP contribution >= 0.6 is 11.3 Å². The summed E-state index contributed by atoms with van der Waals surface area (Å²) in [6.07, 6.45) is -0.924. The Hall–Kier alpha value is -1.40. The minimum Gasteiger partial charge on any atom is -0.546 e. The standard InChI is InChI=1S/C19H20N4O10S2.2Na/c1-18(2,15(27)28)33-22-12(9-5-34-17(20)21-9)10(24)4-8-13(26)23-14(8)35(31)6-7-3-11(25)32-19(7,23)16(29)30;;/h5,7-8,14H,3-4,6H2,1-2H3,(H2,20,21)(H,27,28)(H,29,30);;/q;2*+1/p-2/b22-12-;;/t7-,8+,14+,19+,35+;;/m0../s1. The summed E-state index contributed by atoms with van der Waals surface area (Å²) in [5, 5.41) is 27.0. The number of carbonyl (C=O) groups excluding carboxylic acids is 5. The Balaban J connectivity index is 0.00000241. The van der Waals surface area contributed by atoms with Gasteiger partial charge < -0.3 is 35.1 Å². The van der Waals surface area contributed by atoms with Gasteiger partial charge in [-0.1, -0.05) is 5.16 Å². The van der Waals surface area contributed by atoms with Crippen LogP contribution in [0.5, 0.6) is 0 Å². The molecule has 0 unspecified atom stereocenters. The molecule has 14 nitrogen and oxygen atoms in total. The van der Waals surface area contributed by atoms with E-state index in [1.807, 2.05) is 0 Å². The number of hydrogen-bond donors (Lipinski definition) is 1. The van der Waals surface area contributed by atoms with Gasteiger partial charge in [0.05, 0.1) is 18.3 Å². The van der Waals surface area contributed by atoms with Crippen LogP contribution in [0.2, 0.25) is 0 Å². The fourth-order valence-electron chi connectivity index (χ4n) is 4.16. The number of ether oxygens (including phenoxy) is 1. The first-order valence-electron chi connectivity index (χ1n) is 10.2. The number of rotatable bonds is 8. The molecule has 0 saturated carbocycles. The van der Waals surface area contributed by atoms with E-state index in [2.05, 4.69) is 10.1 Å². The van der Waals surface area contributed by atoms with Gasteiger partial charge in [-0.25, -0.2) is 4.98 Å². The molecule has 3 saturated heterocycles. The summed E-state index contributed by atoms with van der Waals surface area (Å²) in [4.78, 5) is 70.7. The van der Waals surface area contributed by atoms with E-state index in [9.17, 15) is 38.4 Å². The average Bonchev–Trinajstić information content (AvgIpc) is 3.33. The molecule has 3 aliphatic heterocycles. The third kappa shape index (κ3) is 5.39. The summed E-state index contributed by atoms with van der Waals surface area (Å²) in [5.74, 6) is -8.50. The summed E-state index contributed by atoms with van der Waals surface area (Å²) in [6.45, 7) is 2.28. The number of hydrogen-bond acceptors (Lipinski definition) is 14. The number of carbonyl (C=O) groups is 5. The number of carboxylic acid groups (broad SMARTS) is 2. The number of thiazole rings is 1. The van der Waals surface area contributed by atoms with Crippen LogP contribution in [-0.4, -0.2) is 71.9 Å². The number of amides is 1. The maximum atomic E-state index is 13.1. The summed E-state index contributed by atoms with van der Waals surface area (Å²) >= 11 is 0.966. The SMILES string of the molecule is CC(C)(O/N=C(\C(=O)C[C@@H]1C(=O)N2[C@@H]1[S@](=O)C[C@@H]1CC(=O)O[C@@]12C(=O)[O-])c1csc(N)n1)C(=O)[O-].[Na+].[Na+]. The number of fused-ring (bicyclic) bond motifs is 3. The van der Waals surface area contributed by atoms with E-state index in [1.54, 1.807) is 0 Å². The number of nitrogens with two attached hydrogens (primary N) is 1. The molecule has 3 aliphatic rings. The average molecular weight is 572 g/mol. The first-order chi connectivity index (χ1) is 16.3. The van der Waals surface area contributed by atoms with Crippen molar-refractivity contribution in [2.75, 3.05) is 11.5 Å². The second-order valence-corrected chi connectivity index (χ2v) is 11.1. The Morgan fingerprint density at radius 2 is 2.00 bits per heavy atom.